The minimum absolute atomic E-state index is 0.244. The first-order chi connectivity index (χ1) is 12.0. The molecule has 0 saturated heterocycles. The van der Waals surface area contributed by atoms with Gasteiger partial charge in [-0.05, 0) is 54.3 Å². The third-order valence-corrected chi connectivity index (χ3v) is 6.33. The lowest BCUT2D eigenvalue weighted by Gasteiger charge is -2.09. The van der Waals surface area contributed by atoms with E-state index >= 15 is 0 Å². The van der Waals surface area contributed by atoms with E-state index in [0.29, 0.717) is 11.3 Å². The Morgan fingerprint density at radius 1 is 0.960 bits per heavy atom. The third-order valence-electron chi connectivity index (χ3n) is 3.55. The average molecular weight is 372 g/mol. The molecule has 1 heterocycles. The molecular weight excluding hydrogens is 356 g/mol. The lowest BCUT2D eigenvalue weighted by atomic mass is 10.1. The molecule has 3 rings (SSSR count). The number of hydrogen-bond donors (Lipinski definition) is 2. The normalized spacial score (nSPS) is 11.1. The number of anilines is 2. The molecule has 0 spiro atoms. The fourth-order valence-electron chi connectivity index (χ4n) is 2.22. The maximum absolute atomic E-state index is 12.3. The topological polar surface area (TPSA) is 75.3 Å². The van der Waals surface area contributed by atoms with Crippen molar-refractivity contribution in [1.82, 2.24) is 0 Å². The Morgan fingerprint density at radius 3 is 2.32 bits per heavy atom. The summed E-state index contributed by atoms with van der Waals surface area (Å²) in [5.74, 6) is -0.248. The number of carbonyl (C=O) groups excluding carboxylic acids is 1. The Hall–Kier alpha value is -2.64. The van der Waals surface area contributed by atoms with E-state index in [4.69, 9.17) is 0 Å². The Labute approximate surface area is 150 Å². The van der Waals surface area contributed by atoms with Gasteiger partial charge in [0.15, 0.2) is 0 Å². The fraction of sp³-hybridized carbons (Fsp3) is 0.0556. The minimum atomic E-state index is -3.59. The minimum Gasteiger partial charge on any atom is -0.322 e. The molecule has 1 aromatic heterocycles. The van der Waals surface area contributed by atoms with Gasteiger partial charge in [0.2, 0.25) is 0 Å². The van der Waals surface area contributed by atoms with E-state index in [1.807, 2.05) is 31.2 Å². The zero-order valence-corrected chi connectivity index (χ0v) is 15.0. The first-order valence-electron chi connectivity index (χ1n) is 7.49. The molecule has 0 fully saturated rings. The lowest BCUT2D eigenvalue weighted by molar-refractivity contribution is 0.102. The molecule has 2 aromatic carbocycles. The number of amides is 1. The predicted octanol–water partition coefficient (Wildman–Crippen LogP) is 4.11. The number of aryl methyl sites for hydroxylation is 1. The second-order valence-electron chi connectivity index (χ2n) is 5.38. The summed E-state index contributed by atoms with van der Waals surface area (Å²) in [6, 6.07) is 17.0. The van der Waals surface area contributed by atoms with Crippen LogP contribution < -0.4 is 10.0 Å². The summed E-state index contributed by atoms with van der Waals surface area (Å²) >= 11 is 1.15. The molecule has 0 aliphatic carbocycles. The van der Waals surface area contributed by atoms with Gasteiger partial charge in [-0.15, -0.1) is 11.3 Å². The maximum Gasteiger partial charge on any atom is 0.271 e. The number of sulfonamides is 1. The van der Waals surface area contributed by atoms with Crippen LogP contribution in [0.2, 0.25) is 0 Å². The van der Waals surface area contributed by atoms with Crippen molar-refractivity contribution in [2.24, 2.45) is 0 Å². The van der Waals surface area contributed by atoms with Gasteiger partial charge >= 0.3 is 0 Å². The van der Waals surface area contributed by atoms with Crippen LogP contribution in [0.1, 0.15) is 15.9 Å². The van der Waals surface area contributed by atoms with Crippen LogP contribution in [-0.2, 0) is 10.0 Å². The quantitative estimate of drug-likeness (QED) is 0.708. The summed E-state index contributed by atoms with van der Waals surface area (Å²) in [4.78, 5) is 12.3. The first kappa shape index (κ1) is 17.2. The summed E-state index contributed by atoms with van der Waals surface area (Å²) in [7, 11) is -3.59. The molecule has 0 radical (unpaired) electrons. The second-order valence-corrected chi connectivity index (χ2v) is 8.24. The van der Waals surface area contributed by atoms with Gasteiger partial charge in [-0.1, -0.05) is 24.3 Å². The fourth-order valence-corrected chi connectivity index (χ4v) is 4.27. The molecule has 0 bridgehead atoms. The van der Waals surface area contributed by atoms with Crippen molar-refractivity contribution in [3.8, 4) is 0 Å². The molecule has 7 heteroatoms. The van der Waals surface area contributed by atoms with Crippen molar-refractivity contribution < 1.29 is 13.2 Å². The van der Waals surface area contributed by atoms with E-state index in [9.17, 15) is 13.2 Å². The smallest absolute Gasteiger partial charge is 0.271 e. The van der Waals surface area contributed by atoms with Crippen LogP contribution >= 0.6 is 11.3 Å². The molecule has 128 valence electrons. The molecule has 0 aliphatic heterocycles. The summed E-state index contributed by atoms with van der Waals surface area (Å²) in [5.41, 5.74) is 2.56. The highest BCUT2D eigenvalue weighted by molar-refractivity contribution is 7.94. The molecule has 3 aromatic rings. The van der Waals surface area contributed by atoms with Gasteiger partial charge < -0.3 is 5.32 Å². The molecule has 0 saturated carbocycles. The Kier molecular flexibility index (Phi) is 4.87. The predicted molar refractivity (Wildman–Crippen MR) is 101 cm³/mol. The molecular formula is C18H16N2O3S2. The number of carbonyl (C=O) groups is 1. The third kappa shape index (κ3) is 4.07. The number of rotatable bonds is 5. The van der Waals surface area contributed by atoms with Gasteiger partial charge in [0.25, 0.3) is 15.9 Å². The standard InChI is InChI=1S/C18H16N2O3S2/c1-13-5-2-3-6-16(13)19-18(21)14-8-10-15(11-9-14)20-25(22,23)17-7-4-12-24-17/h2-12,20H,1H3,(H,19,21). The van der Waals surface area contributed by atoms with Crippen LogP contribution in [0.15, 0.2) is 70.3 Å². The van der Waals surface area contributed by atoms with Crippen molar-refractivity contribution in [2.75, 3.05) is 10.0 Å². The van der Waals surface area contributed by atoms with Crippen LogP contribution in [-0.4, -0.2) is 14.3 Å². The number of hydrogen-bond acceptors (Lipinski definition) is 4. The van der Waals surface area contributed by atoms with Crippen LogP contribution in [0.3, 0.4) is 0 Å². The van der Waals surface area contributed by atoms with Gasteiger partial charge in [-0.25, -0.2) is 8.42 Å². The van der Waals surface area contributed by atoms with Crippen molar-refractivity contribution >= 4 is 38.6 Å². The molecule has 2 N–H and O–H groups in total. The van der Waals surface area contributed by atoms with Gasteiger partial charge in [0, 0.05) is 16.9 Å². The highest BCUT2D eigenvalue weighted by atomic mass is 32.2. The monoisotopic (exact) mass is 372 g/mol. The van der Waals surface area contributed by atoms with E-state index in [-0.39, 0.29) is 10.1 Å². The van der Waals surface area contributed by atoms with Crippen molar-refractivity contribution in [3.05, 3.63) is 77.2 Å². The number of thiophene rings is 1. The molecule has 25 heavy (non-hydrogen) atoms. The van der Waals surface area contributed by atoms with Crippen LogP contribution in [0, 0.1) is 6.92 Å². The SMILES string of the molecule is Cc1ccccc1NC(=O)c1ccc(NS(=O)(=O)c2cccs2)cc1. The van der Waals surface area contributed by atoms with Crippen LogP contribution in [0.25, 0.3) is 0 Å². The summed E-state index contributed by atoms with van der Waals surface area (Å²) in [6.45, 7) is 1.91. The Bertz CT molecular complexity index is 979. The molecule has 0 aliphatic rings. The number of benzene rings is 2. The zero-order valence-electron chi connectivity index (χ0n) is 13.4. The highest BCUT2D eigenvalue weighted by Gasteiger charge is 2.15. The van der Waals surface area contributed by atoms with E-state index in [1.165, 1.54) is 6.07 Å². The zero-order chi connectivity index (χ0) is 17.9. The molecule has 0 unspecified atom stereocenters. The Morgan fingerprint density at radius 2 is 1.68 bits per heavy atom. The molecule has 1 amide bonds. The molecule has 0 atom stereocenters. The first-order valence-corrected chi connectivity index (χ1v) is 9.85. The maximum atomic E-state index is 12.3. The number of para-hydroxylation sites is 1. The van der Waals surface area contributed by atoms with Gasteiger partial charge in [0.1, 0.15) is 4.21 Å². The highest BCUT2D eigenvalue weighted by Crippen LogP contribution is 2.21. The van der Waals surface area contributed by atoms with Gasteiger partial charge in [-0.2, -0.15) is 0 Å². The van der Waals surface area contributed by atoms with Crippen molar-refractivity contribution in [3.63, 3.8) is 0 Å². The van der Waals surface area contributed by atoms with E-state index in [2.05, 4.69) is 10.0 Å². The van der Waals surface area contributed by atoms with Gasteiger partial charge in [-0.3, -0.25) is 9.52 Å². The van der Waals surface area contributed by atoms with E-state index in [1.54, 1.807) is 35.7 Å². The Balaban J connectivity index is 1.72. The van der Waals surface area contributed by atoms with E-state index < -0.39 is 10.0 Å². The summed E-state index contributed by atoms with van der Waals surface area (Å²) in [5, 5.41) is 4.54. The number of nitrogens with one attached hydrogen (secondary N) is 2. The van der Waals surface area contributed by atoms with Gasteiger partial charge in [0.05, 0.1) is 0 Å². The second kappa shape index (κ2) is 7.08. The van der Waals surface area contributed by atoms with Crippen LogP contribution in [0.5, 0.6) is 0 Å². The molecule has 5 nitrogen and oxygen atoms in total. The van der Waals surface area contributed by atoms with Crippen molar-refractivity contribution in [1.29, 1.82) is 0 Å². The van der Waals surface area contributed by atoms with Crippen LogP contribution in [0.4, 0.5) is 11.4 Å². The average Bonchev–Trinajstić information content (AvgIpc) is 3.13. The van der Waals surface area contributed by atoms with Crippen molar-refractivity contribution in [2.45, 2.75) is 11.1 Å². The summed E-state index contributed by atoms with van der Waals surface area (Å²) in [6.07, 6.45) is 0. The summed E-state index contributed by atoms with van der Waals surface area (Å²) < 4.78 is 27.1. The largest absolute Gasteiger partial charge is 0.322 e. The van der Waals surface area contributed by atoms with E-state index in [0.717, 1.165) is 22.6 Å². The lowest BCUT2D eigenvalue weighted by Crippen LogP contribution is -2.14.